The lowest BCUT2D eigenvalue weighted by Crippen LogP contribution is -2.25. The maximum Gasteiger partial charge on any atom is 0.0622 e. The van der Waals surface area contributed by atoms with Crippen LogP contribution in [0.3, 0.4) is 0 Å². The van der Waals surface area contributed by atoms with Crippen molar-refractivity contribution in [3.8, 4) is 0 Å². The van der Waals surface area contributed by atoms with Gasteiger partial charge >= 0.3 is 0 Å². The van der Waals surface area contributed by atoms with Crippen molar-refractivity contribution in [1.29, 1.82) is 0 Å². The second-order valence-corrected chi connectivity index (χ2v) is 5.19. The summed E-state index contributed by atoms with van der Waals surface area (Å²) in [5.41, 5.74) is 5.81. The molecule has 0 bridgehead atoms. The average Bonchev–Trinajstić information content (AvgIpc) is 2.62. The van der Waals surface area contributed by atoms with Crippen LogP contribution in [0.4, 0.5) is 0 Å². The molecule has 1 saturated carbocycles. The van der Waals surface area contributed by atoms with Gasteiger partial charge in [-0.25, -0.2) is 0 Å². The van der Waals surface area contributed by atoms with Crippen molar-refractivity contribution in [3.05, 3.63) is 0 Å². The van der Waals surface area contributed by atoms with Crippen molar-refractivity contribution in [2.45, 2.75) is 51.6 Å². The van der Waals surface area contributed by atoms with E-state index in [-0.39, 0.29) is 5.60 Å². The zero-order valence-electron chi connectivity index (χ0n) is 9.88. The number of ether oxygens (including phenoxy) is 1. The van der Waals surface area contributed by atoms with Gasteiger partial charge in [-0.05, 0) is 51.5 Å². The number of nitrogens with two attached hydrogens (primary N) is 1. The highest BCUT2D eigenvalue weighted by atomic mass is 16.5. The van der Waals surface area contributed by atoms with E-state index < -0.39 is 0 Å². The van der Waals surface area contributed by atoms with Crippen LogP contribution in [0, 0.1) is 11.8 Å². The van der Waals surface area contributed by atoms with Crippen LogP contribution in [0.5, 0.6) is 0 Å². The van der Waals surface area contributed by atoms with E-state index in [1.807, 2.05) is 0 Å². The molecular weight excluding hydrogens is 174 g/mol. The first-order valence-corrected chi connectivity index (χ1v) is 5.84. The lowest BCUT2D eigenvalue weighted by Gasteiger charge is -2.26. The molecule has 0 amide bonds. The molecule has 0 aromatic heterocycles. The Kier molecular flexibility index (Phi) is 4.39. The third-order valence-electron chi connectivity index (χ3n) is 3.79. The van der Waals surface area contributed by atoms with Crippen LogP contribution in [-0.4, -0.2) is 19.3 Å². The van der Waals surface area contributed by atoms with E-state index in [1.54, 1.807) is 7.11 Å². The molecule has 0 radical (unpaired) electrons. The first-order valence-electron chi connectivity index (χ1n) is 5.84. The van der Waals surface area contributed by atoms with Gasteiger partial charge in [0.15, 0.2) is 0 Å². The summed E-state index contributed by atoms with van der Waals surface area (Å²) in [6.07, 6.45) is 6.53. The Morgan fingerprint density at radius 3 is 2.50 bits per heavy atom. The van der Waals surface area contributed by atoms with Crippen LogP contribution in [0.25, 0.3) is 0 Å². The number of methoxy groups -OCH3 is 1. The minimum atomic E-state index is 0.0434. The molecule has 1 fully saturated rings. The van der Waals surface area contributed by atoms with Crippen molar-refractivity contribution in [2.75, 3.05) is 13.7 Å². The second kappa shape index (κ2) is 5.13. The third kappa shape index (κ3) is 3.25. The smallest absolute Gasteiger partial charge is 0.0622 e. The predicted molar refractivity (Wildman–Crippen MR) is 60.2 cm³/mol. The maximum absolute atomic E-state index is 5.76. The molecule has 2 heteroatoms. The van der Waals surface area contributed by atoms with Crippen LogP contribution in [-0.2, 0) is 4.74 Å². The van der Waals surface area contributed by atoms with Gasteiger partial charge in [-0.2, -0.15) is 0 Å². The van der Waals surface area contributed by atoms with Gasteiger partial charge in [0.2, 0.25) is 0 Å². The molecule has 2 N–H and O–H groups in total. The van der Waals surface area contributed by atoms with Gasteiger partial charge in [0.25, 0.3) is 0 Å². The molecule has 1 aliphatic rings. The maximum atomic E-state index is 5.76. The van der Waals surface area contributed by atoms with E-state index in [0.717, 1.165) is 24.8 Å². The Labute approximate surface area is 88.2 Å². The number of hydrogen-bond donors (Lipinski definition) is 1. The van der Waals surface area contributed by atoms with Crippen LogP contribution >= 0.6 is 0 Å². The second-order valence-electron chi connectivity index (χ2n) is 5.19. The molecule has 0 aromatic rings. The molecule has 0 spiro atoms. The van der Waals surface area contributed by atoms with E-state index in [1.165, 1.54) is 25.7 Å². The monoisotopic (exact) mass is 199 g/mol. The molecule has 84 valence electrons. The van der Waals surface area contributed by atoms with Gasteiger partial charge in [-0.1, -0.05) is 12.8 Å². The minimum Gasteiger partial charge on any atom is -0.379 e. The highest BCUT2D eigenvalue weighted by Crippen LogP contribution is 2.35. The largest absolute Gasteiger partial charge is 0.379 e. The molecule has 0 aromatic carbocycles. The molecule has 2 atom stereocenters. The Balaban J connectivity index is 2.30. The molecule has 1 aliphatic carbocycles. The number of hydrogen-bond acceptors (Lipinski definition) is 2. The third-order valence-corrected chi connectivity index (χ3v) is 3.79. The lowest BCUT2D eigenvalue weighted by atomic mass is 9.88. The van der Waals surface area contributed by atoms with E-state index in [2.05, 4.69) is 13.8 Å². The summed E-state index contributed by atoms with van der Waals surface area (Å²) in [6, 6.07) is 0. The van der Waals surface area contributed by atoms with Crippen LogP contribution in [0.15, 0.2) is 0 Å². The zero-order valence-corrected chi connectivity index (χ0v) is 9.88. The van der Waals surface area contributed by atoms with Gasteiger partial charge < -0.3 is 10.5 Å². The summed E-state index contributed by atoms with van der Waals surface area (Å²) in [5, 5.41) is 0. The molecular formula is C12H25NO. The zero-order chi connectivity index (χ0) is 10.6. The molecule has 0 heterocycles. The van der Waals surface area contributed by atoms with Gasteiger partial charge in [0, 0.05) is 7.11 Å². The molecule has 1 rings (SSSR count). The van der Waals surface area contributed by atoms with Crippen molar-refractivity contribution in [2.24, 2.45) is 17.6 Å². The van der Waals surface area contributed by atoms with Crippen LogP contribution in [0.2, 0.25) is 0 Å². The first-order chi connectivity index (χ1) is 6.59. The summed E-state index contributed by atoms with van der Waals surface area (Å²) in [6.45, 7) is 5.21. The van der Waals surface area contributed by atoms with E-state index in [9.17, 15) is 0 Å². The summed E-state index contributed by atoms with van der Waals surface area (Å²) < 4.78 is 5.44. The van der Waals surface area contributed by atoms with E-state index in [0.29, 0.717) is 0 Å². The Hall–Kier alpha value is -0.0800. The lowest BCUT2D eigenvalue weighted by molar-refractivity contribution is 0.00918. The molecule has 0 saturated heterocycles. The van der Waals surface area contributed by atoms with Gasteiger partial charge in [-0.3, -0.25) is 0 Å². The van der Waals surface area contributed by atoms with Gasteiger partial charge in [0.05, 0.1) is 5.60 Å². The Morgan fingerprint density at radius 2 is 1.93 bits per heavy atom. The number of rotatable bonds is 5. The fourth-order valence-electron chi connectivity index (χ4n) is 2.44. The highest BCUT2D eigenvalue weighted by Gasteiger charge is 2.28. The minimum absolute atomic E-state index is 0.0434. The molecule has 14 heavy (non-hydrogen) atoms. The Morgan fingerprint density at radius 1 is 1.29 bits per heavy atom. The fourth-order valence-corrected chi connectivity index (χ4v) is 2.44. The van der Waals surface area contributed by atoms with Gasteiger partial charge in [0.1, 0.15) is 0 Å². The van der Waals surface area contributed by atoms with Crippen LogP contribution < -0.4 is 5.73 Å². The molecule has 0 aliphatic heterocycles. The SMILES string of the molecule is COC(C)(C)CCC1CCCC1CN. The normalized spacial score (nSPS) is 28.3. The quantitative estimate of drug-likeness (QED) is 0.738. The fraction of sp³-hybridized carbons (Fsp3) is 1.00. The van der Waals surface area contributed by atoms with Gasteiger partial charge in [-0.15, -0.1) is 0 Å². The van der Waals surface area contributed by atoms with Crippen molar-refractivity contribution < 1.29 is 4.74 Å². The average molecular weight is 199 g/mol. The first kappa shape index (κ1) is 12.0. The topological polar surface area (TPSA) is 35.2 Å². The standard InChI is InChI=1S/C12H25NO/c1-12(2,14-3)8-7-10-5-4-6-11(10)9-13/h10-11H,4-9,13H2,1-3H3. The van der Waals surface area contributed by atoms with Crippen molar-refractivity contribution in [3.63, 3.8) is 0 Å². The van der Waals surface area contributed by atoms with Crippen LogP contribution in [0.1, 0.15) is 46.0 Å². The molecule has 2 unspecified atom stereocenters. The van der Waals surface area contributed by atoms with E-state index in [4.69, 9.17) is 10.5 Å². The summed E-state index contributed by atoms with van der Waals surface area (Å²) in [5.74, 6) is 1.64. The highest BCUT2D eigenvalue weighted by molar-refractivity contribution is 4.80. The molecule has 2 nitrogen and oxygen atoms in total. The predicted octanol–water partition coefficient (Wildman–Crippen LogP) is 2.57. The summed E-state index contributed by atoms with van der Waals surface area (Å²) >= 11 is 0. The van der Waals surface area contributed by atoms with E-state index >= 15 is 0 Å². The Bertz CT molecular complexity index is 168. The summed E-state index contributed by atoms with van der Waals surface area (Å²) in [4.78, 5) is 0. The van der Waals surface area contributed by atoms with Crippen molar-refractivity contribution in [1.82, 2.24) is 0 Å². The van der Waals surface area contributed by atoms with Crippen molar-refractivity contribution >= 4 is 0 Å². The summed E-state index contributed by atoms with van der Waals surface area (Å²) in [7, 11) is 1.80.